The Bertz CT molecular complexity index is 619. The summed E-state index contributed by atoms with van der Waals surface area (Å²) < 4.78 is 0. The summed E-state index contributed by atoms with van der Waals surface area (Å²) in [5.41, 5.74) is 6.65. The van der Waals surface area contributed by atoms with Crippen LogP contribution in [0, 0.1) is 5.92 Å². The van der Waals surface area contributed by atoms with E-state index in [-0.39, 0.29) is 11.5 Å². The predicted octanol–water partition coefficient (Wildman–Crippen LogP) is 1.04. The third-order valence-electron chi connectivity index (χ3n) is 3.07. The number of amides is 1. The molecule has 0 radical (unpaired) electrons. The second-order valence-corrected chi connectivity index (χ2v) is 4.52. The van der Waals surface area contributed by atoms with Crippen molar-refractivity contribution in [3.05, 3.63) is 58.4 Å². The Labute approximate surface area is 116 Å². The largest absolute Gasteiger partial charge is 0.323 e. The number of hydrogen-bond acceptors (Lipinski definition) is 4. The van der Waals surface area contributed by atoms with Gasteiger partial charge in [-0.2, -0.15) is 5.10 Å². The number of aromatic nitrogens is 2. The van der Waals surface area contributed by atoms with Crippen molar-refractivity contribution in [2.75, 3.05) is 5.32 Å². The number of rotatable bonds is 4. The minimum Gasteiger partial charge on any atom is -0.323 e. The topological polar surface area (TPSA) is 101 Å². The van der Waals surface area contributed by atoms with Crippen LogP contribution in [-0.4, -0.2) is 16.1 Å². The molecule has 0 aliphatic rings. The maximum atomic E-state index is 12.1. The average Bonchev–Trinajstić information content (AvgIpc) is 2.49. The Morgan fingerprint density at radius 2 is 1.95 bits per heavy atom. The van der Waals surface area contributed by atoms with Crippen LogP contribution in [0.4, 0.5) is 5.82 Å². The molecular weight excluding hydrogens is 256 g/mol. The average molecular weight is 272 g/mol. The van der Waals surface area contributed by atoms with Gasteiger partial charge < -0.3 is 11.1 Å². The molecule has 2 aromatic rings. The first-order valence-corrected chi connectivity index (χ1v) is 6.25. The van der Waals surface area contributed by atoms with Crippen LogP contribution in [-0.2, 0) is 4.79 Å². The first kappa shape index (κ1) is 14.0. The van der Waals surface area contributed by atoms with Crippen LogP contribution in [0.3, 0.4) is 0 Å². The van der Waals surface area contributed by atoms with Crippen LogP contribution in [0.25, 0.3) is 0 Å². The smallest absolute Gasteiger partial charge is 0.264 e. The van der Waals surface area contributed by atoms with E-state index in [1.165, 1.54) is 12.1 Å². The van der Waals surface area contributed by atoms with Crippen LogP contribution in [0.1, 0.15) is 18.5 Å². The number of benzene rings is 1. The molecule has 1 heterocycles. The highest BCUT2D eigenvalue weighted by Crippen LogP contribution is 2.20. The van der Waals surface area contributed by atoms with E-state index in [4.69, 9.17) is 5.73 Å². The molecule has 6 nitrogen and oxygen atoms in total. The lowest BCUT2D eigenvalue weighted by Gasteiger charge is -2.19. The molecule has 4 N–H and O–H groups in total. The molecule has 104 valence electrons. The predicted molar refractivity (Wildman–Crippen MR) is 76.0 cm³/mol. The Hall–Kier alpha value is -2.47. The number of carbonyl (C=O) groups is 1. The second-order valence-electron chi connectivity index (χ2n) is 4.52. The van der Waals surface area contributed by atoms with Crippen molar-refractivity contribution in [2.24, 2.45) is 11.7 Å². The zero-order chi connectivity index (χ0) is 14.5. The lowest BCUT2D eigenvalue weighted by Crippen LogP contribution is -2.31. The van der Waals surface area contributed by atoms with Crippen molar-refractivity contribution in [2.45, 2.75) is 13.0 Å². The maximum absolute atomic E-state index is 12.1. The molecule has 0 spiro atoms. The Kier molecular flexibility index (Phi) is 4.27. The molecule has 0 bridgehead atoms. The van der Waals surface area contributed by atoms with Crippen LogP contribution >= 0.6 is 0 Å². The zero-order valence-corrected chi connectivity index (χ0v) is 11.0. The van der Waals surface area contributed by atoms with Gasteiger partial charge in [-0.1, -0.05) is 37.3 Å². The summed E-state index contributed by atoms with van der Waals surface area (Å²) in [5, 5.41) is 8.60. The number of anilines is 1. The van der Waals surface area contributed by atoms with E-state index in [2.05, 4.69) is 15.5 Å². The third kappa shape index (κ3) is 3.30. The summed E-state index contributed by atoms with van der Waals surface area (Å²) in [5.74, 6) is -0.381. The second kappa shape index (κ2) is 6.12. The van der Waals surface area contributed by atoms with E-state index < -0.39 is 12.0 Å². The number of aromatic amines is 1. The molecule has 2 rings (SSSR count). The zero-order valence-electron chi connectivity index (χ0n) is 11.0. The Morgan fingerprint density at radius 1 is 1.25 bits per heavy atom. The van der Waals surface area contributed by atoms with E-state index in [0.717, 1.165) is 5.56 Å². The maximum Gasteiger partial charge on any atom is 0.264 e. The lowest BCUT2D eigenvalue weighted by atomic mass is 9.95. The first-order valence-electron chi connectivity index (χ1n) is 6.25. The fourth-order valence-electron chi connectivity index (χ4n) is 1.78. The number of H-pyrrole nitrogens is 1. The standard InChI is InChI=1S/C14H16N4O2/c1-9(13(15)10-5-3-2-4-6-10)14(20)16-11-7-8-12(19)18-17-11/h2-9,13H,15H2,1H3,(H,18,19)(H,16,17,20). The third-order valence-corrected chi connectivity index (χ3v) is 3.07. The number of nitrogens with two attached hydrogens (primary N) is 1. The molecule has 1 aromatic heterocycles. The summed E-state index contributed by atoms with van der Waals surface area (Å²) in [6.45, 7) is 1.75. The minimum atomic E-state index is -0.425. The van der Waals surface area contributed by atoms with Crippen molar-refractivity contribution in [1.82, 2.24) is 10.2 Å². The highest BCUT2D eigenvalue weighted by Gasteiger charge is 2.22. The Morgan fingerprint density at radius 3 is 2.55 bits per heavy atom. The molecule has 2 unspecified atom stereocenters. The summed E-state index contributed by atoms with van der Waals surface area (Å²) >= 11 is 0. The molecule has 2 atom stereocenters. The molecule has 1 aromatic carbocycles. The van der Waals surface area contributed by atoms with Gasteiger partial charge in [0.2, 0.25) is 5.91 Å². The van der Waals surface area contributed by atoms with Gasteiger partial charge >= 0.3 is 0 Å². The molecule has 0 fully saturated rings. The monoisotopic (exact) mass is 272 g/mol. The highest BCUT2D eigenvalue weighted by molar-refractivity contribution is 5.91. The molecule has 20 heavy (non-hydrogen) atoms. The highest BCUT2D eigenvalue weighted by atomic mass is 16.2. The van der Waals surface area contributed by atoms with Gasteiger partial charge in [-0.3, -0.25) is 9.59 Å². The van der Waals surface area contributed by atoms with Crippen molar-refractivity contribution >= 4 is 11.7 Å². The summed E-state index contributed by atoms with van der Waals surface area (Å²) in [6.07, 6.45) is 0. The van der Waals surface area contributed by atoms with Gasteiger partial charge in [-0.25, -0.2) is 5.10 Å². The number of carbonyl (C=O) groups excluding carboxylic acids is 1. The van der Waals surface area contributed by atoms with Gasteiger partial charge in [0, 0.05) is 12.1 Å². The molecule has 6 heteroatoms. The van der Waals surface area contributed by atoms with E-state index in [0.29, 0.717) is 5.82 Å². The fourth-order valence-corrected chi connectivity index (χ4v) is 1.78. The van der Waals surface area contributed by atoms with Gasteiger partial charge in [0.25, 0.3) is 5.56 Å². The molecule has 0 saturated heterocycles. The van der Waals surface area contributed by atoms with E-state index in [9.17, 15) is 9.59 Å². The van der Waals surface area contributed by atoms with Crippen LogP contribution < -0.4 is 16.6 Å². The van der Waals surface area contributed by atoms with Crippen molar-refractivity contribution in [3.63, 3.8) is 0 Å². The van der Waals surface area contributed by atoms with Crippen molar-refractivity contribution < 1.29 is 4.79 Å². The van der Waals surface area contributed by atoms with Gasteiger partial charge in [-0.15, -0.1) is 0 Å². The minimum absolute atomic E-state index is 0.249. The van der Waals surface area contributed by atoms with Gasteiger partial charge in [0.05, 0.1) is 5.92 Å². The molecule has 0 aliphatic carbocycles. The number of nitrogens with one attached hydrogen (secondary N) is 2. The fraction of sp³-hybridized carbons (Fsp3) is 0.214. The SMILES string of the molecule is CC(C(=O)Nc1ccc(=O)[nH]n1)C(N)c1ccccc1. The molecule has 0 aliphatic heterocycles. The summed E-state index contributed by atoms with van der Waals surface area (Å²) in [6, 6.07) is 11.7. The van der Waals surface area contributed by atoms with E-state index >= 15 is 0 Å². The van der Waals surface area contributed by atoms with Gasteiger partial charge in [-0.05, 0) is 11.6 Å². The van der Waals surface area contributed by atoms with Crippen LogP contribution in [0.15, 0.2) is 47.3 Å². The number of hydrogen-bond donors (Lipinski definition) is 3. The molecular formula is C14H16N4O2. The molecule has 1 amide bonds. The van der Waals surface area contributed by atoms with Crippen LogP contribution in [0.5, 0.6) is 0 Å². The Balaban J connectivity index is 2.05. The van der Waals surface area contributed by atoms with Crippen molar-refractivity contribution in [3.8, 4) is 0 Å². The summed E-state index contributed by atoms with van der Waals surface area (Å²) in [4.78, 5) is 23.0. The normalized spacial score (nSPS) is 13.5. The van der Waals surface area contributed by atoms with Crippen molar-refractivity contribution in [1.29, 1.82) is 0 Å². The lowest BCUT2D eigenvalue weighted by molar-refractivity contribution is -0.120. The van der Waals surface area contributed by atoms with Gasteiger partial charge in [0.1, 0.15) is 0 Å². The van der Waals surface area contributed by atoms with Crippen LogP contribution in [0.2, 0.25) is 0 Å². The quantitative estimate of drug-likeness (QED) is 0.774. The van der Waals surface area contributed by atoms with E-state index in [1.54, 1.807) is 6.92 Å². The number of nitrogens with zero attached hydrogens (tertiary/aromatic N) is 1. The molecule has 0 saturated carbocycles. The summed E-state index contributed by atoms with van der Waals surface area (Å²) in [7, 11) is 0. The first-order chi connectivity index (χ1) is 9.58. The van der Waals surface area contributed by atoms with E-state index in [1.807, 2.05) is 30.3 Å². The van der Waals surface area contributed by atoms with Gasteiger partial charge in [0.15, 0.2) is 5.82 Å².